The zero-order valence-electron chi connectivity index (χ0n) is 13.5. The standard InChI is InChI=1S/C17H24N4S/c1-13-11-15(21(2)3)7-6-14(13)12-20-17(18)19-9-8-16-5-4-10-22-16/h4-7,10-11H,8-9,12H2,1-3H3,(H3,18,19,20). The maximum Gasteiger partial charge on any atom is 0.188 e. The van der Waals surface area contributed by atoms with Crippen LogP contribution in [-0.4, -0.2) is 26.6 Å². The first kappa shape index (κ1) is 16.4. The molecule has 0 saturated carbocycles. The van der Waals surface area contributed by atoms with E-state index in [2.05, 4.69) is 57.8 Å². The molecule has 0 aliphatic heterocycles. The van der Waals surface area contributed by atoms with E-state index in [1.54, 1.807) is 11.3 Å². The summed E-state index contributed by atoms with van der Waals surface area (Å²) in [6, 6.07) is 10.6. The smallest absolute Gasteiger partial charge is 0.188 e. The highest BCUT2D eigenvalue weighted by Crippen LogP contribution is 2.17. The van der Waals surface area contributed by atoms with Crippen molar-refractivity contribution in [2.45, 2.75) is 19.9 Å². The summed E-state index contributed by atoms with van der Waals surface area (Å²) in [5.74, 6) is 0.507. The predicted molar refractivity (Wildman–Crippen MR) is 96.9 cm³/mol. The second-order valence-corrected chi connectivity index (χ2v) is 6.50. The fourth-order valence-electron chi connectivity index (χ4n) is 2.13. The molecule has 4 nitrogen and oxygen atoms in total. The quantitative estimate of drug-likeness (QED) is 0.636. The first-order chi connectivity index (χ1) is 10.6. The van der Waals surface area contributed by atoms with Crippen molar-refractivity contribution in [2.24, 2.45) is 10.7 Å². The fraction of sp³-hybridized carbons (Fsp3) is 0.353. The van der Waals surface area contributed by atoms with Gasteiger partial charge in [0.2, 0.25) is 0 Å². The van der Waals surface area contributed by atoms with Crippen LogP contribution in [-0.2, 0) is 13.0 Å². The first-order valence-electron chi connectivity index (χ1n) is 7.39. The van der Waals surface area contributed by atoms with Crippen LogP contribution in [0.5, 0.6) is 0 Å². The molecule has 2 aromatic rings. The summed E-state index contributed by atoms with van der Waals surface area (Å²) in [7, 11) is 4.09. The van der Waals surface area contributed by atoms with E-state index in [4.69, 9.17) is 5.73 Å². The van der Waals surface area contributed by atoms with Gasteiger partial charge in [-0.1, -0.05) is 12.1 Å². The van der Waals surface area contributed by atoms with Crippen molar-refractivity contribution >= 4 is 23.0 Å². The van der Waals surface area contributed by atoms with Crippen molar-refractivity contribution in [3.63, 3.8) is 0 Å². The van der Waals surface area contributed by atoms with Gasteiger partial charge < -0.3 is 16.0 Å². The first-order valence-corrected chi connectivity index (χ1v) is 8.27. The molecule has 0 fully saturated rings. The molecule has 0 aliphatic rings. The van der Waals surface area contributed by atoms with E-state index in [1.807, 2.05) is 14.1 Å². The maximum atomic E-state index is 5.92. The van der Waals surface area contributed by atoms with Crippen LogP contribution in [0.4, 0.5) is 5.69 Å². The largest absolute Gasteiger partial charge is 0.378 e. The molecule has 0 amide bonds. The van der Waals surface area contributed by atoms with Gasteiger partial charge in [0, 0.05) is 31.2 Å². The summed E-state index contributed by atoms with van der Waals surface area (Å²) in [5, 5.41) is 5.26. The highest BCUT2D eigenvalue weighted by molar-refractivity contribution is 7.09. The topological polar surface area (TPSA) is 53.6 Å². The van der Waals surface area contributed by atoms with Gasteiger partial charge in [-0.2, -0.15) is 0 Å². The molecule has 3 N–H and O–H groups in total. The van der Waals surface area contributed by atoms with Gasteiger partial charge in [-0.3, -0.25) is 0 Å². The van der Waals surface area contributed by atoms with Crippen LogP contribution >= 0.6 is 11.3 Å². The molecule has 22 heavy (non-hydrogen) atoms. The van der Waals surface area contributed by atoms with Crippen molar-refractivity contribution in [1.29, 1.82) is 0 Å². The lowest BCUT2D eigenvalue weighted by atomic mass is 10.1. The van der Waals surface area contributed by atoms with Gasteiger partial charge in [0.25, 0.3) is 0 Å². The molecule has 0 saturated heterocycles. The average Bonchev–Trinajstić information content (AvgIpc) is 2.99. The Morgan fingerprint density at radius 3 is 2.77 bits per heavy atom. The maximum absolute atomic E-state index is 5.92. The summed E-state index contributed by atoms with van der Waals surface area (Å²) in [6.07, 6.45) is 0.977. The Labute approximate surface area is 136 Å². The van der Waals surface area contributed by atoms with Crippen LogP contribution in [0.15, 0.2) is 40.7 Å². The van der Waals surface area contributed by atoms with Crippen LogP contribution in [0.3, 0.4) is 0 Å². The summed E-state index contributed by atoms with van der Waals surface area (Å²) < 4.78 is 0. The highest BCUT2D eigenvalue weighted by atomic mass is 32.1. The molecule has 118 valence electrons. The van der Waals surface area contributed by atoms with Crippen molar-refractivity contribution in [1.82, 2.24) is 5.32 Å². The zero-order valence-corrected chi connectivity index (χ0v) is 14.3. The average molecular weight is 316 g/mol. The Morgan fingerprint density at radius 2 is 2.14 bits per heavy atom. The van der Waals surface area contributed by atoms with Crippen LogP contribution in [0, 0.1) is 6.92 Å². The van der Waals surface area contributed by atoms with Crippen LogP contribution < -0.4 is 16.0 Å². The van der Waals surface area contributed by atoms with Gasteiger partial charge in [-0.15, -0.1) is 11.3 Å². The highest BCUT2D eigenvalue weighted by Gasteiger charge is 2.02. The molecular formula is C17H24N4S. The SMILES string of the molecule is Cc1cc(N(C)C)ccc1CN=C(N)NCCc1cccs1. The lowest BCUT2D eigenvalue weighted by Crippen LogP contribution is -2.33. The second kappa shape index (κ2) is 7.84. The number of nitrogens with two attached hydrogens (primary N) is 1. The molecule has 1 aromatic heterocycles. The number of thiophene rings is 1. The molecule has 1 heterocycles. The molecule has 0 aliphatic carbocycles. The number of rotatable bonds is 6. The van der Waals surface area contributed by atoms with Crippen molar-refractivity contribution in [3.05, 3.63) is 51.7 Å². The zero-order chi connectivity index (χ0) is 15.9. The molecular weight excluding hydrogens is 292 g/mol. The number of benzene rings is 1. The van der Waals surface area contributed by atoms with Crippen LogP contribution in [0.25, 0.3) is 0 Å². The Hall–Kier alpha value is -2.01. The molecule has 0 unspecified atom stereocenters. The lowest BCUT2D eigenvalue weighted by Gasteiger charge is -2.14. The Balaban J connectivity index is 1.85. The van der Waals surface area contributed by atoms with Crippen LogP contribution in [0.2, 0.25) is 0 Å². The molecule has 1 aromatic carbocycles. The fourth-order valence-corrected chi connectivity index (χ4v) is 2.84. The van der Waals surface area contributed by atoms with E-state index in [0.717, 1.165) is 13.0 Å². The van der Waals surface area contributed by atoms with Gasteiger partial charge in [0.15, 0.2) is 5.96 Å². The van der Waals surface area contributed by atoms with Crippen molar-refractivity contribution in [3.8, 4) is 0 Å². The van der Waals surface area contributed by atoms with Gasteiger partial charge in [-0.05, 0) is 48.1 Å². The number of guanidine groups is 1. The minimum Gasteiger partial charge on any atom is -0.378 e. The monoisotopic (exact) mass is 316 g/mol. The number of hydrogen-bond donors (Lipinski definition) is 2. The van der Waals surface area contributed by atoms with E-state index in [1.165, 1.54) is 21.7 Å². The van der Waals surface area contributed by atoms with E-state index in [9.17, 15) is 0 Å². The van der Waals surface area contributed by atoms with Crippen LogP contribution in [0.1, 0.15) is 16.0 Å². The third kappa shape index (κ3) is 4.77. The second-order valence-electron chi connectivity index (χ2n) is 5.46. The third-order valence-corrected chi connectivity index (χ3v) is 4.46. The molecule has 0 spiro atoms. The molecule has 5 heteroatoms. The molecule has 2 rings (SSSR count). The summed E-state index contributed by atoms with van der Waals surface area (Å²) >= 11 is 1.77. The van der Waals surface area contributed by atoms with Gasteiger partial charge in [0.1, 0.15) is 0 Å². The van der Waals surface area contributed by atoms with Gasteiger partial charge in [-0.25, -0.2) is 4.99 Å². The minimum absolute atomic E-state index is 0.507. The number of aryl methyl sites for hydroxylation is 1. The third-order valence-electron chi connectivity index (χ3n) is 3.52. The summed E-state index contributed by atoms with van der Waals surface area (Å²) in [4.78, 5) is 7.88. The van der Waals surface area contributed by atoms with E-state index < -0.39 is 0 Å². The van der Waals surface area contributed by atoms with Gasteiger partial charge >= 0.3 is 0 Å². The Morgan fingerprint density at radius 1 is 1.32 bits per heavy atom. The number of nitrogens with zero attached hydrogens (tertiary/aromatic N) is 2. The van der Waals surface area contributed by atoms with Crippen molar-refractivity contribution in [2.75, 3.05) is 25.5 Å². The number of hydrogen-bond acceptors (Lipinski definition) is 3. The normalized spacial score (nSPS) is 11.5. The lowest BCUT2D eigenvalue weighted by molar-refractivity contribution is 0.856. The summed E-state index contributed by atoms with van der Waals surface area (Å²) in [6.45, 7) is 3.53. The Bertz CT molecular complexity index is 618. The predicted octanol–water partition coefficient (Wildman–Crippen LogP) is 2.77. The van der Waals surface area contributed by atoms with E-state index >= 15 is 0 Å². The van der Waals surface area contributed by atoms with Crippen molar-refractivity contribution < 1.29 is 0 Å². The van der Waals surface area contributed by atoms with E-state index in [-0.39, 0.29) is 0 Å². The molecule has 0 radical (unpaired) electrons. The number of anilines is 1. The minimum atomic E-state index is 0.507. The molecule has 0 bridgehead atoms. The Kier molecular flexibility index (Phi) is 5.83. The number of nitrogens with one attached hydrogen (secondary N) is 1. The summed E-state index contributed by atoms with van der Waals surface area (Å²) in [5.41, 5.74) is 9.56. The number of aliphatic imine (C=N–C) groups is 1. The molecule has 0 atom stereocenters. The van der Waals surface area contributed by atoms with Gasteiger partial charge in [0.05, 0.1) is 6.54 Å². The van der Waals surface area contributed by atoms with E-state index in [0.29, 0.717) is 12.5 Å².